The van der Waals surface area contributed by atoms with Gasteiger partial charge in [0.2, 0.25) is 0 Å². The number of carbonyl (C=O) groups excluding carboxylic acids is 2. The Morgan fingerprint density at radius 2 is 1.04 bits per heavy atom. The predicted octanol–water partition coefficient (Wildman–Crippen LogP) is 6.19. The first-order valence-corrected chi connectivity index (χ1v) is 21.3. The van der Waals surface area contributed by atoms with Crippen LogP contribution in [0, 0.1) is 0 Å². The van der Waals surface area contributed by atoms with Gasteiger partial charge in [-0.1, -0.05) is 78.9 Å². The van der Waals surface area contributed by atoms with Crippen molar-refractivity contribution < 1.29 is 40.4 Å². The summed E-state index contributed by atoms with van der Waals surface area (Å²) in [6.07, 6.45) is 3.61. The molecule has 0 atom stereocenters. The molecule has 258 valence electrons. The predicted molar refractivity (Wildman–Crippen MR) is 202 cm³/mol. The number of esters is 1. The van der Waals surface area contributed by atoms with E-state index in [0.717, 1.165) is 19.2 Å². The van der Waals surface area contributed by atoms with Crippen molar-refractivity contribution in [3.05, 3.63) is 151 Å². The number of rotatable bonds is 13. The van der Waals surface area contributed by atoms with Gasteiger partial charge in [0.25, 0.3) is 0 Å². The zero-order valence-electron chi connectivity index (χ0n) is 27.2. The molecule has 0 fully saturated rings. The van der Waals surface area contributed by atoms with E-state index in [9.17, 15) is 13.6 Å². The molecular formula is C38H42ClF2N2O3P2Ru+3. The van der Waals surface area contributed by atoms with Crippen molar-refractivity contribution in [2.24, 2.45) is 0 Å². The fourth-order valence-electron chi connectivity index (χ4n) is 4.89. The Balaban J connectivity index is 0.000000389. The number of alkyl halides is 2. The zero-order chi connectivity index (χ0) is 35.7. The van der Waals surface area contributed by atoms with Crippen molar-refractivity contribution in [1.29, 1.82) is 0 Å². The molecule has 0 aliphatic carbocycles. The summed E-state index contributed by atoms with van der Waals surface area (Å²) in [6.45, 7) is 6.77. The maximum atomic E-state index is 13.2. The number of halogens is 3. The van der Waals surface area contributed by atoms with E-state index in [2.05, 4.69) is 153 Å². The first-order valence-electron chi connectivity index (χ1n) is 15.5. The van der Waals surface area contributed by atoms with Crippen LogP contribution in [0.15, 0.2) is 146 Å². The van der Waals surface area contributed by atoms with Gasteiger partial charge >= 0.3 is 38.9 Å². The van der Waals surface area contributed by atoms with Gasteiger partial charge < -0.3 is 14.8 Å². The van der Waals surface area contributed by atoms with E-state index < -0.39 is 33.4 Å². The molecule has 0 saturated carbocycles. The largest absolute Gasteiger partial charge is 0.310 e. The molecule has 0 spiro atoms. The molecule has 5 aromatic rings. The Bertz CT molecular complexity index is 1400. The third-order valence-electron chi connectivity index (χ3n) is 7.11. The van der Waals surface area contributed by atoms with E-state index in [1.165, 1.54) is 58.8 Å². The summed E-state index contributed by atoms with van der Waals surface area (Å²) >= 11 is 1.62. The molecule has 0 bridgehead atoms. The SMILES string of the molecule is CCOC(=O)C(F)(F)c1ccccn1.[CH-]=O.[Cl][RuH+2].c1ccc([PH+](CCNCC[PH+](c2ccccc2)c2ccccc2)c2ccccc2)cc1. The molecule has 49 heavy (non-hydrogen) atoms. The fourth-order valence-corrected chi connectivity index (χ4v) is 9.95. The van der Waals surface area contributed by atoms with Crippen LogP contribution in [0.2, 0.25) is 0 Å². The van der Waals surface area contributed by atoms with E-state index in [1.54, 1.807) is 17.3 Å². The van der Waals surface area contributed by atoms with Gasteiger partial charge in [0.1, 0.15) is 5.69 Å². The molecule has 5 nitrogen and oxygen atoms in total. The average molecular weight is 811 g/mol. The molecule has 0 amide bonds. The van der Waals surface area contributed by atoms with Gasteiger partial charge in [-0.05, 0) is 67.6 Å². The maximum absolute atomic E-state index is 13.2. The minimum Gasteiger partial charge on any atom is -0.310 e. The maximum Gasteiger partial charge on any atom is 0.0967 e. The van der Waals surface area contributed by atoms with Gasteiger partial charge in [-0.15, -0.1) is 0 Å². The Hall–Kier alpha value is -3.24. The van der Waals surface area contributed by atoms with Crippen LogP contribution >= 0.6 is 25.5 Å². The van der Waals surface area contributed by atoms with Crippen molar-refractivity contribution in [1.82, 2.24) is 10.3 Å². The quantitative estimate of drug-likeness (QED) is 0.0384. The van der Waals surface area contributed by atoms with E-state index in [-0.39, 0.29) is 6.61 Å². The summed E-state index contributed by atoms with van der Waals surface area (Å²) in [5.41, 5.74) is -0.599. The van der Waals surface area contributed by atoms with E-state index >= 15 is 0 Å². The van der Waals surface area contributed by atoms with Crippen molar-refractivity contribution in [2.45, 2.75) is 12.8 Å². The van der Waals surface area contributed by atoms with Crippen molar-refractivity contribution in [3.63, 3.8) is 0 Å². The number of nitrogens with one attached hydrogen (secondary N) is 1. The van der Waals surface area contributed by atoms with Gasteiger partial charge in [-0.2, -0.15) is 8.78 Å². The topological polar surface area (TPSA) is 68.3 Å². The first-order chi connectivity index (χ1) is 24.0. The third-order valence-corrected chi connectivity index (χ3v) is 12.7. The van der Waals surface area contributed by atoms with Crippen LogP contribution < -0.4 is 26.5 Å². The standard InChI is InChI=1S/C28H29NP2.C9H9F2NO2.CHO.ClH.Ru.H/c1-5-13-25(14-6-1)30(26-15-7-2-8-16-26)23-21-29-22-24-31(27-17-9-3-10-18-27)28-19-11-4-12-20-28;1-2-14-8(13)9(10,11)7-5-3-4-6-12-7;1-2;;;/h1-20,29H,21-24H2;3-6H,2H2,1H3;1H;1H;;/q;;-1;;+3;/p+1. The van der Waals surface area contributed by atoms with Gasteiger partial charge in [0.05, 0.1) is 56.0 Å². The van der Waals surface area contributed by atoms with Gasteiger partial charge in [-0.25, -0.2) is 4.79 Å². The number of hydrogen-bond acceptors (Lipinski definition) is 5. The third kappa shape index (κ3) is 14.3. The van der Waals surface area contributed by atoms with E-state index in [0.29, 0.717) is 0 Å². The Kier molecular flexibility index (Phi) is 21.2. The van der Waals surface area contributed by atoms with Crippen LogP contribution in [0.1, 0.15) is 12.6 Å². The molecule has 1 N–H and O–H groups in total. The van der Waals surface area contributed by atoms with E-state index in [1.807, 2.05) is 0 Å². The van der Waals surface area contributed by atoms with Gasteiger partial charge in [0, 0.05) is 19.3 Å². The number of carbonyl (C=O) groups is 1. The molecule has 0 saturated heterocycles. The number of benzene rings is 4. The van der Waals surface area contributed by atoms with Crippen LogP contribution in [-0.2, 0) is 37.6 Å². The van der Waals surface area contributed by atoms with Crippen LogP contribution in [-0.4, -0.2) is 49.8 Å². The summed E-state index contributed by atoms with van der Waals surface area (Å²) in [5.74, 6) is -5.24. The molecule has 5 rings (SSSR count). The average Bonchev–Trinajstić information content (AvgIpc) is 3.18. The number of nitrogens with zero attached hydrogens (tertiary/aromatic N) is 1. The number of ether oxygens (including phenoxy) is 1. The van der Waals surface area contributed by atoms with E-state index in [4.69, 9.17) is 4.79 Å². The van der Waals surface area contributed by atoms with Crippen LogP contribution in [0.4, 0.5) is 8.78 Å². The first kappa shape index (κ1) is 41.9. The second-order valence-electron chi connectivity index (χ2n) is 10.2. The van der Waals surface area contributed by atoms with Crippen molar-refractivity contribution >= 4 is 59.5 Å². The van der Waals surface area contributed by atoms with Crippen molar-refractivity contribution in [3.8, 4) is 0 Å². The monoisotopic (exact) mass is 811 g/mol. The molecule has 0 unspecified atom stereocenters. The second-order valence-corrected chi connectivity index (χ2v) is 15.4. The molecule has 4 aromatic carbocycles. The molecule has 1 heterocycles. The summed E-state index contributed by atoms with van der Waals surface area (Å²) < 4.78 is 30.6. The van der Waals surface area contributed by atoms with Gasteiger partial charge in [-0.3, -0.25) is 11.8 Å². The number of hydrogen-bond donors (Lipinski definition) is 1. The van der Waals surface area contributed by atoms with Crippen molar-refractivity contribution in [2.75, 3.05) is 32.0 Å². The number of aromatic nitrogens is 1. The summed E-state index contributed by atoms with van der Waals surface area (Å²) in [4.78, 5) is 22.0. The molecule has 11 heteroatoms. The molecular weight excluding hydrogens is 769 g/mol. The smallest absolute Gasteiger partial charge is 0.0967 e. The van der Waals surface area contributed by atoms with Crippen LogP contribution in [0.3, 0.4) is 0 Å². The second kappa shape index (κ2) is 24.8. The summed E-state index contributed by atoms with van der Waals surface area (Å²) in [5, 5.41) is 9.77. The summed E-state index contributed by atoms with van der Waals surface area (Å²) in [6, 6.07) is 48.2. The molecule has 0 aliphatic rings. The minimum atomic E-state index is -3.67. The van der Waals surface area contributed by atoms with Crippen LogP contribution in [0.25, 0.3) is 0 Å². The Morgan fingerprint density at radius 1 is 0.694 bits per heavy atom. The number of pyridine rings is 1. The molecule has 1 aromatic heterocycles. The minimum absolute atomic E-state index is 0.0821. The summed E-state index contributed by atoms with van der Waals surface area (Å²) in [7, 11) is 3.09. The Morgan fingerprint density at radius 3 is 1.35 bits per heavy atom. The fraction of sp³-hybridized carbons (Fsp3) is 0.184. The zero-order valence-corrected chi connectivity index (χ0v) is 31.8. The molecule has 0 aliphatic heterocycles. The van der Waals surface area contributed by atoms with Gasteiger partial charge in [0.15, 0.2) is 0 Å². The molecule has 0 radical (unpaired) electrons. The Labute approximate surface area is 305 Å². The normalized spacial score (nSPS) is 10.4. The van der Waals surface area contributed by atoms with Crippen LogP contribution in [0.5, 0.6) is 0 Å².